The molecule has 15 amide bonds. The molecule has 0 saturated carbocycles. The van der Waals surface area contributed by atoms with Gasteiger partial charge in [-0.2, -0.15) is 11.8 Å². The minimum Gasteiger partial charge on any atom is -0.508 e. The molecule has 43 nitrogen and oxygen atoms in total. The Hall–Kier alpha value is -11.7. The predicted octanol–water partition coefficient (Wildman–Crippen LogP) is -7.67. The summed E-state index contributed by atoms with van der Waals surface area (Å²) in [6.45, 7) is 2.87. The fourth-order valence-corrected chi connectivity index (χ4v) is 12.6. The summed E-state index contributed by atoms with van der Waals surface area (Å²) in [4.78, 5) is 220. The van der Waals surface area contributed by atoms with Crippen molar-refractivity contribution in [3.8, 4) is 5.75 Å². The molecule has 0 saturated heterocycles. The van der Waals surface area contributed by atoms with E-state index >= 15 is 0 Å². The van der Waals surface area contributed by atoms with Crippen LogP contribution < -0.4 is 108 Å². The first-order chi connectivity index (χ1) is 58.9. The molecule has 0 spiro atoms. The maximum atomic E-state index is 14.6. The van der Waals surface area contributed by atoms with E-state index in [4.69, 9.17) is 28.3 Å². The number of nitrogens with one attached hydrogen (secondary N) is 17. The number of unbranched alkanes of at least 4 members (excludes halogenated alkanes) is 2. The molecule has 0 fully saturated rings. The molecule has 44 heteroatoms. The molecule has 3 rings (SSSR count). The van der Waals surface area contributed by atoms with Crippen molar-refractivity contribution in [3.05, 3.63) is 102 Å². The molecular weight excluding hydrogens is 1640 g/mol. The van der Waals surface area contributed by atoms with Gasteiger partial charge in [0, 0.05) is 25.8 Å². The smallest absolute Gasteiger partial charge is 0.328 e. The number of hydrogen-bond acceptors (Lipinski definition) is 26. The molecule has 0 aliphatic heterocycles. The Balaban J connectivity index is 1.78. The number of phenols is 1. The summed E-state index contributed by atoms with van der Waals surface area (Å²) in [5.41, 5.74) is 24.2. The van der Waals surface area contributed by atoms with Crippen molar-refractivity contribution in [3.63, 3.8) is 0 Å². The van der Waals surface area contributed by atoms with E-state index in [1.807, 2.05) is 5.32 Å². The van der Waals surface area contributed by atoms with Gasteiger partial charge in [-0.1, -0.05) is 100 Å². The number of carbonyl (C=O) groups is 16. The minimum atomic E-state index is -1.86. The molecule has 0 aliphatic carbocycles. The summed E-state index contributed by atoms with van der Waals surface area (Å²) in [5.74, 6) is -17.0. The monoisotopic (exact) mass is 1760 g/mol. The van der Waals surface area contributed by atoms with Crippen LogP contribution in [0.15, 0.2) is 84.9 Å². The van der Waals surface area contributed by atoms with Crippen LogP contribution in [0.1, 0.15) is 116 Å². The van der Waals surface area contributed by atoms with Crippen LogP contribution >= 0.6 is 11.8 Å². The zero-order chi connectivity index (χ0) is 92.5. The van der Waals surface area contributed by atoms with Gasteiger partial charge in [0.15, 0.2) is 5.96 Å². The molecule has 0 aliphatic rings. The predicted molar refractivity (Wildman–Crippen MR) is 455 cm³/mol. The van der Waals surface area contributed by atoms with Gasteiger partial charge in [-0.15, -0.1) is 0 Å². The molecular formula is C80H125N21O22S. The van der Waals surface area contributed by atoms with Crippen LogP contribution in [0.2, 0.25) is 0 Å². The lowest BCUT2D eigenvalue weighted by atomic mass is 9.99. The van der Waals surface area contributed by atoms with E-state index in [0.717, 1.165) is 0 Å². The molecule has 124 heavy (non-hydrogen) atoms. The highest BCUT2D eigenvalue weighted by Gasteiger charge is 2.38. The molecule has 0 aromatic heterocycles. The second-order valence-electron chi connectivity index (χ2n) is 30.1. The third-order valence-electron chi connectivity index (χ3n) is 19.0. The summed E-state index contributed by atoms with van der Waals surface area (Å²) in [5, 5.41) is 106. The van der Waals surface area contributed by atoms with Gasteiger partial charge in [0.1, 0.15) is 90.3 Å². The SMILES string of the molecule is CSCC[C@H](NC(=O)[C@H](C)NC(=O)[C@@H](NC(=O)[C@H](Cc1ccccc1)NC(=O)[C@H](Cc1ccccc1)NC(=O)[C@H](CCCNC(=N)N)NC(=O)[C@@H](N)CO)C(C)C)C(=O)N[C@@H](CO)C(=O)N[C@@H](CO)C(=O)N[C@@H](CCCCN)C(=O)NCC(=O)N[C@@H](CCCCN)C(=O)N[C@@H](CC(C)C)C(=O)N[C@@H](Cc1ccc(O)cc1)C(=O)NCC(=O)N[C@@H](CO)C(=O)O. The number of amides is 15. The maximum Gasteiger partial charge on any atom is 0.328 e. The number of nitrogens with two attached hydrogens (primary N) is 4. The van der Waals surface area contributed by atoms with Gasteiger partial charge < -0.3 is 139 Å². The summed E-state index contributed by atoms with van der Waals surface area (Å²) in [6.07, 6.45) is 2.28. The highest BCUT2D eigenvalue weighted by molar-refractivity contribution is 7.98. The quantitative estimate of drug-likeness (QED) is 0.0142. The largest absolute Gasteiger partial charge is 0.508 e. The summed E-state index contributed by atoms with van der Waals surface area (Å²) in [6, 6.07) is 1.63. The lowest BCUT2D eigenvalue weighted by Crippen LogP contribution is -2.61. The van der Waals surface area contributed by atoms with Crippen molar-refractivity contribution in [2.45, 2.75) is 203 Å². The summed E-state index contributed by atoms with van der Waals surface area (Å²) < 4.78 is 0. The number of thioether (sulfide) groups is 1. The Morgan fingerprint density at radius 2 is 0.750 bits per heavy atom. The molecule has 0 bridgehead atoms. The van der Waals surface area contributed by atoms with E-state index in [2.05, 4.69) is 79.8 Å². The number of carboxylic acids is 1. The van der Waals surface area contributed by atoms with Gasteiger partial charge in [0.05, 0.1) is 39.5 Å². The van der Waals surface area contributed by atoms with E-state index in [9.17, 15) is 107 Å². The van der Waals surface area contributed by atoms with Crippen LogP contribution in [0.25, 0.3) is 0 Å². The third-order valence-corrected chi connectivity index (χ3v) is 19.7. The molecule has 31 N–H and O–H groups in total. The van der Waals surface area contributed by atoms with Crippen molar-refractivity contribution in [1.29, 1.82) is 5.41 Å². The zero-order valence-electron chi connectivity index (χ0n) is 70.5. The van der Waals surface area contributed by atoms with E-state index < -0.39 is 225 Å². The van der Waals surface area contributed by atoms with Gasteiger partial charge in [0.2, 0.25) is 88.6 Å². The first kappa shape index (κ1) is 107. The van der Waals surface area contributed by atoms with E-state index in [-0.39, 0.29) is 114 Å². The third kappa shape index (κ3) is 40.1. The van der Waals surface area contributed by atoms with Gasteiger partial charge in [-0.25, -0.2) is 4.79 Å². The van der Waals surface area contributed by atoms with Crippen molar-refractivity contribution in [2.24, 2.45) is 34.8 Å². The van der Waals surface area contributed by atoms with Crippen LogP contribution in [0, 0.1) is 17.2 Å². The number of carbonyl (C=O) groups excluding carboxylic acids is 15. The standard InChI is InChI=1S/C80H125N21O22S/c1-44(2)34-56(73(116)96-57(37-49-25-27-50(106)28-26-49)69(112)88-39-64(108)91-62(43-105)79(122)123)95-70(113)53(23-14-16-31-82)90-63(107)38-87-68(111)52(22-13-15-30-81)94-76(119)60(41-103)100-77(120)61(42-104)99-72(115)55(29-33-124-6)92-66(109)46(5)89-78(121)65(45(3)4)101-75(118)59(36-48-20-11-8-12-21-48)98-74(117)58(35-47-18-9-7-10-19-47)97-71(114)54(24-17-32-86-80(84)85)93-67(110)51(83)40-102/h7-12,18-21,25-28,44-46,51-62,65,102-106H,13-17,22-24,29-43,81-83H2,1-6H3,(H,87,111)(H,88,112)(H,89,121)(H,90,107)(H,91,108)(H,92,109)(H,93,110)(H,94,119)(H,95,113)(H,96,116)(H,97,114)(H,98,117)(H,99,115)(H,100,120)(H,101,118)(H,122,123)(H4,84,85,86)/t46-,51-,52-,53-,54-,55-,56-,57-,58-,59-,60-,61-,62-,65-/m0/s1. The second-order valence-corrected chi connectivity index (χ2v) is 31.1. The number of carboxylic acid groups (broad SMARTS) is 1. The molecule has 3 aromatic carbocycles. The van der Waals surface area contributed by atoms with Crippen LogP contribution in [-0.2, 0) is 96.0 Å². The van der Waals surface area contributed by atoms with Gasteiger partial charge in [-0.3, -0.25) is 77.3 Å². The Morgan fingerprint density at radius 1 is 0.387 bits per heavy atom. The highest BCUT2D eigenvalue weighted by Crippen LogP contribution is 2.16. The van der Waals surface area contributed by atoms with Gasteiger partial charge in [0.25, 0.3) is 0 Å². The highest BCUT2D eigenvalue weighted by atomic mass is 32.2. The summed E-state index contributed by atoms with van der Waals surface area (Å²) in [7, 11) is 0. The Kier molecular flexibility index (Phi) is 49.5. The molecule has 0 unspecified atom stereocenters. The normalized spacial score (nSPS) is 14.5. The van der Waals surface area contributed by atoms with Gasteiger partial charge in [-0.05, 0) is 137 Å². The van der Waals surface area contributed by atoms with Crippen molar-refractivity contribution in [2.75, 3.05) is 71.2 Å². The number of aliphatic carboxylic acids is 1. The van der Waals surface area contributed by atoms with Crippen LogP contribution in [-0.4, -0.2) is 287 Å². The Labute approximate surface area is 722 Å². The fraction of sp³-hybridized carbons (Fsp3) is 0.562. The van der Waals surface area contributed by atoms with E-state index in [1.54, 1.807) is 94.6 Å². The number of benzene rings is 3. The lowest BCUT2D eigenvalue weighted by molar-refractivity contribution is -0.143. The molecule has 0 radical (unpaired) electrons. The number of hydrogen-bond donors (Lipinski definition) is 27. The van der Waals surface area contributed by atoms with Crippen molar-refractivity contribution < 1.29 is 107 Å². The molecule has 3 aromatic rings. The minimum absolute atomic E-state index is 0.0203. The second kappa shape index (κ2) is 57.6. The van der Waals surface area contributed by atoms with Gasteiger partial charge >= 0.3 is 5.97 Å². The van der Waals surface area contributed by atoms with E-state index in [1.165, 1.54) is 43.0 Å². The number of rotatable bonds is 59. The lowest BCUT2D eigenvalue weighted by Gasteiger charge is -2.29. The number of guanidine groups is 1. The zero-order valence-corrected chi connectivity index (χ0v) is 71.3. The van der Waals surface area contributed by atoms with Crippen LogP contribution in [0.4, 0.5) is 0 Å². The first-order valence-electron chi connectivity index (χ1n) is 40.7. The molecule has 14 atom stereocenters. The maximum absolute atomic E-state index is 14.6. The number of aliphatic hydroxyl groups is 4. The van der Waals surface area contributed by atoms with E-state index in [0.29, 0.717) is 29.5 Å². The number of aliphatic hydroxyl groups excluding tert-OH is 4. The van der Waals surface area contributed by atoms with Crippen molar-refractivity contribution in [1.82, 2.24) is 85.1 Å². The summed E-state index contributed by atoms with van der Waals surface area (Å²) >= 11 is 1.26. The van der Waals surface area contributed by atoms with Crippen LogP contribution in [0.5, 0.6) is 5.75 Å². The molecule has 0 heterocycles. The average Bonchev–Trinajstić information content (AvgIpc) is 0.845. The number of phenolic OH excluding ortho intramolecular Hbond substituents is 1. The Morgan fingerprint density at radius 3 is 1.19 bits per heavy atom. The first-order valence-corrected chi connectivity index (χ1v) is 42.1. The average molecular weight is 1770 g/mol. The Bertz CT molecular complexity index is 3970. The topological polar surface area (TPSA) is 715 Å². The number of aromatic hydroxyl groups is 1. The van der Waals surface area contributed by atoms with Crippen LogP contribution in [0.3, 0.4) is 0 Å². The molecule has 688 valence electrons. The van der Waals surface area contributed by atoms with Crippen molar-refractivity contribution >= 4 is 112 Å². The fourth-order valence-electron chi connectivity index (χ4n) is 12.1.